The van der Waals surface area contributed by atoms with Crippen molar-refractivity contribution in [2.24, 2.45) is 0 Å². The van der Waals surface area contributed by atoms with Gasteiger partial charge in [0.05, 0.1) is 0 Å². The van der Waals surface area contributed by atoms with Gasteiger partial charge < -0.3 is 5.32 Å². The van der Waals surface area contributed by atoms with Gasteiger partial charge in [-0.2, -0.15) is 0 Å². The first-order chi connectivity index (χ1) is 7.49. The van der Waals surface area contributed by atoms with E-state index in [1.807, 2.05) is 6.92 Å². The third-order valence-electron chi connectivity index (χ3n) is 2.14. The van der Waals surface area contributed by atoms with Crippen molar-refractivity contribution < 1.29 is 8.60 Å². The van der Waals surface area contributed by atoms with Crippen molar-refractivity contribution in [1.82, 2.24) is 5.32 Å². The van der Waals surface area contributed by atoms with Gasteiger partial charge in [0.2, 0.25) is 0 Å². The minimum Gasteiger partial charge on any atom is -0.309 e. The van der Waals surface area contributed by atoms with Crippen LogP contribution in [0.25, 0.3) is 0 Å². The lowest BCUT2D eigenvalue weighted by Crippen LogP contribution is -2.30. The Morgan fingerprint density at radius 2 is 2.25 bits per heavy atom. The zero-order valence-electron chi connectivity index (χ0n) is 9.30. The molecular weight excluding hydrogens is 293 g/mol. The zero-order chi connectivity index (χ0) is 12.1. The smallest absolute Gasteiger partial charge is 0.124 e. The summed E-state index contributed by atoms with van der Waals surface area (Å²) in [4.78, 5) is 0. The molecule has 0 aliphatic heterocycles. The molecule has 0 bridgehead atoms. The quantitative estimate of drug-likeness (QED) is 0.905. The Bertz CT molecular complexity index is 386. The fourth-order valence-electron chi connectivity index (χ4n) is 1.36. The van der Waals surface area contributed by atoms with Crippen LogP contribution < -0.4 is 5.32 Å². The van der Waals surface area contributed by atoms with E-state index in [-0.39, 0.29) is 11.9 Å². The van der Waals surface area contributed by atoms with Gasteiger partial charge in [0.15, 0.2) is 0 Å². The lowest BCUT2D eigenvalue weighted by atomic mass is 10.2. The molecule has 0 radical (unpaired) electrons. The lowest BCUT2D eigenvalue weighted by Gasteiger charge is -2.13. The van der Waals surface area contributed by atoms with E-state index in [2.05, 4.69) is 21.2 Å². The second-order valence-corrected chi connectivity index (χ2v) is 6.09. The van der Waals surface area contributed by atoms with E-state index in [0.717, 1.165) is 10.0 Å². The van der Waals surface area contributed by atoms with Gasteiger partial charge >= 0.3 is 0 Å². The Hall–Kier alpha value is -0.260. The van der Waals surface area contributed by atoms with Crippen LogP contribution in [-0.2, 0) is 17.3 Å². The Balaban J connectivity index is 2.51. The second-order valence-electron chi connectivity index (χ2n) is 3.76. The number of rotatable bonds is 5. The molecule has 2 unspecified atom stereocenters. The highest BCUT2D eigenvalue weighted by Crippen LogP contribution is 2.17. The van der Waals surface area contributed by atoms with Gasteiger partial charge in [-0.05, 0) is 24.6 Å². The van der Waals surface area contributed by atoms with Crippen LogP contribution in [0.5, 0.6) is 0 Å². The SMILES string of the molecule is CC(CS(C)=O)NCc1ccc(F)cc1Br. The molecule has 2 atom stereocenters. The van der Waals surface area contributed by atoms with Crippen molar-refractivity contribution in [1.29, 1.82) is 0 Å². The average molecular weight is 308 g/mol. The minimum atomic E-state index is -0.797. The highest BCUT2D eigenvalue weighted by Gasteiger charge is 2.06. The zero-order valence-corrected chi connectivity index (χ0v) is 11.7. The van der Waals surface area contributed by atoms with Crippen molar-refractivity contribution in [2.45, 2.75) is 19.5 Å². The standard InChI is InChI=1S/C11H15BrFNOS/c1-8(7-16(2)15)14-6-9-3-4-10(13)5-11(9)12/h3-5,8,14H,6-7H2,1-2H3. The number of hydrogen-bond acceptors (Lipinski definition) is 2. The van der Waals surface area contributed by atoms with Crippen LogP contribution in [0.15, 0.2) is 22.7 Å². The van der Waals surface area contributed by atoms with Crippen LogP contribution in [0, 0.1) is 5.82 Å². The summed E-state index contributed by atoms with van der Waals surface area (Å²) in [5.41, 5.74) is 0.995. The van der Waals surface area contributed by atoms with E-state index in [9.17, 15) is 8.60 Å². The van der Waals surface area contributed by atoms with E-state index in [4.69, 9.17) is 0 Å². The largest absolute Gasteiger partial charge is 0.309 e. The molecule has 2 nitrogen and oxygen atoms in total. The fraction of sp³-hybridized carbons (Fsp3) is 0.455. The van der Waals surface area contributed by atoms with Gasteiger partial charge in [-0.1, -0.05) is 22.0 Å². The molecule has 0 aliphatic carbocycles. The summed E-state index contributed by atoms with van der Waals surface area (Å²) in [6.07, 6.45) is 1.69. The predicted molar refractivity (Wildman–Crippen MR) is 69.3 cm³/mol. The van der Waals surface area contributed by atoms with Gasteiger partial charge in [0.25, 0.3) is 0 Å². The maximum absolute atomic E-state index is 12.8. The van der Waals surface area contributed by atoms with E-state index in [0.29, 0.717) is 12.3 Å². The van der Waals surface area contributed by atoms with E-state index in [1.54, 1.807) is 12.3 Å². The van der Waals surface area contributed by atoms with Crippen LogP contribution >= 0.6 is 15.9 Å². The molecule has 1 N–H and O–H groups in total. The molecule has 0 amide bonds. The maximum Gasteiger partial charge on any atom is 0.124 e. The Morgan fingerprint density at radius 1 is 1.56 bits per heavy atom. The third-order valence-corrected chi connectivity index (χ3v) is 3.85. The van der Waals surface area contributed by atoms with Crippen molar-refractivity contribution in [2.75, 3.05) is 12.0 Å². The Labute approximate surface area is 106 Å². The summed E-state index contributed by atoms with van der Waals surface area (Å²) in [6.45, 7) is 2.62. The second kappa shape index (κ2) is 6.47. The first-order valence-electron chi connectivity index (χ1n) is 4.96. The topological polar surface area (TPSA) is 29.1 Å². The summed E-state index contributed by atoms with van der Waals surface area (Å²) in [6, 6.07) is 4.80. The van der Waals surface area contributed by atoms with Gasteiger partial charge in [-0.25, -0.2) is 4.39 Å². The molecule has 16 heavy (non-hydrogen) atoms. The maximum atomic E-state index is 12.8. The minimum absolute atomic E-state index is 0.183. The van der Waals surface area contributed by atoms with E-state index >= 15 is 0 Å². The van der Waals surface area contributed by atoms with Crippen molar-refractivity contribution in [3.05, 3.63) is 34.1 Å². The summed E-state index contributed by atoms with van der Waals surface area (Å²) >= 11 is 3.31. The third kappa shape index (κ3) is 4.72. The molecule has 90 valence electrons. The van der Waals surface area contributed by atoms with Crippen LogP contribution in [-0.4, -0.2) is 22.3 Å². The molecule has 1 aromatic carbocycles. The molecule has 0 aliphatic rings. The summed E-state index contributed by atoms with van der Waals surface area (Å²) in [5, 5.41) is 3.25. The highest BCUT2D eigenvalue weighted by molar-refractivity contribution is 9.10. The number of benzene rings is 1. The van der Waals surface area contributed by atoms with Gasteiger partial charge in [0.1, 0.15) is 5.82 Å². The molecule has 0 heterocycles. The van der Waals surface area contributed by atoms with Crippen LogP contribution in [0.4, 0.5) is 4.39 Å². The van der Waals surface area contributed by atoms with Gasteiger partial charge in [-0.3, -0.25) is 4.21 Å². The van der Waals surface area contributed by atoms with Gasteiger partial charge in [0, 0.05) is 39.9 Å². The first kappa shape index (κ1) is 13.8. The first-order valence-corrected chi connectivity index (χ1v) is 7.48. The van der Waals surface area contributed by atoms with Crippen molar-refractivity contribution in [3.8, 4) is 0 Å². The molecule has 0 fully saturated rings. The average Bonchev–Trinajstić information content (AvgIpc) is 2.15. The lowest BCUT2D eigenvalue weighted by molar-refractivity contribution is 0.584. The van der Waals surface area contributed by atoms with E-state index in [1.165, 1.54) is 12.1 Å². The molecule has 0 saturated heterocycles. The van der Waals surface area contributed by atoms with Gasteiger partial charge in [-0.15, -0.1) is 0 Å². The number of nitrogens with one attached hydrogen (secondary N) is 1. The van der Waals surface area contributed by atoms with Crippen LogP contribution in [0.3, 0.4) is 0 Å². The monoisotopic (exact) mass is 307 g/mol. The summed E-state index contributed by atoms with van der Waals surface area (Å²) in [7, 11) is -0.797. The molecular formula is C11H15BrFNOS. The molecule has 1 rings (SSSR count). The number of hydrogen-bond donors (Lipinski definition) is 1. The van der Waals surface area contributed by atoms with Crippen LogP contribution in [0.1, 0.15) is 12.5 Å². The molecule has 0 saturated carbocycles. The fourth-order valence-corrected chi connectivity index (χ4v) is 2.67. The summed E-state index contributed by atoms with van der Waals surface area (Å²) < 4.78 is 24.6. The van der Waals surface area contributed by atoms with Crippen molar-refractivity contribution >= 4 is 26.7 Å². The van der Waals surface area contributed by atoms with E-state index < -0.39 is 10.8 Å². The predicted octanol–water partition coefficient (Wildman–Crippen LogP) is 2.44. The molecule has 0 spiro atoms. The number of halogens is 2. The normalized spacial score (nSPS) is 14.8. The van der Waals surface area contributed by atoms with Crippen LogP contribution in [0.2, 0.25) is 0 Å². The highest BCUT2D eigenvalue weighted by atomic mass is 79.9. The molecule has 1 aromatic rings. The molecule has 5 heteroatoms. The van der Waals surface area contributed by atoms with Crippen molar-refractivity contribution in [3.63, 3.8) is 0 Å². The summed E-state index contributed by atoms with van der Waals surface area (Å²) in [5.74, 6) is 0.372. The Morgan fingerprint density at radius 3 is 2.81 bits per heavy atom. The Kier molecular flexibility index (Phi) is 5.58. The molecule has 0 aromatic heterocycles.